The number of rotatable bonds is 7. The molecule has 0 aliphatic heterocycles. The van der Waals surface area contributed by atoms with E-state index in [4.69, 9.17) is 0 Å². The third-order valence-electron chi connectivity index (χ3n) is 12.6. The molecule has 0 N–H and O–H groups in total. The molecule has 1 unspecified atom stereocenters. The Morgan fingerprint density at radius 1 is 0.339 bits per heavy atom. The molecule has 59 heavy (non-hydrogen) atoms. The van der Waals surface area contributed by atoms with E-state index in [1.165, 1.54) is 82.7 Å². The average Bonchev–Trinajstić information content (AvgIpc) is 3.58. The Morgan fingerprint density at radius 3 is 1.54 bits per heavy atom. The van der Waals surface area contributed by atoms with Gasteiger partial charge in [0.25, 0.3) is 0 Å². The first kappa shape index (κ1) is 34.7. The van der Waals surface area contributed by atoms with Gasteiger partial charge in [-0.15, -0.1) is 0 Å². The maximum Gasteiger partial charge on any atom is 0.0543 e. The van der Waals surface area contributed by atoms with E-state index >= 15 is 0 Å². The fraction of sp³-hybridized carbons (Fsp3) is 0.0345. The second-order valence-corrected chi connectivity index (χ2v) is 15.8. The Morgan fingerprint density at radius 2 is 0.847 bits per heavy atom. The van der Waals surface area contributed by atoms with E-state index in [1.54, 1.807) is 0 Å². The van der Waals surface area contributed by atoms with Crippen molar-refractivity contribution in [2.75, 3.05) is 4.90 Å². The molecule has 0 heterocycles. The Balaban J connectivity index is 1.07. The van der Waals surface area contributed by atoms with Gasteiger partial charge in [0.05, 0.1) is 5.69 Å². The second-order valence-electron chi connectivity index (χ2n) is 15.8. The topological polar surface area (TPSA) is 3.24 Å². The minimum atomic E-state index is -0.305. The highest BCUT2D eigenvalue weighted by Gasteiger charge is 2.42. The van der Waals surface area contributed by atoms with E-state index in [0.29, 0.717) is 0 Å². The van der Waals surface area contributed by atoms with Crippen LogP contribution in [0.1, 0.15) is 23.6 Å². The van der Waals surface area contributed by atoms with E-state index in [-0.39, 0.29) is 5.41 Å². The molecule has 278 valence electrons. The van der Waals surface area contributed by atoms with E-state index in [0.717, 1.165) is 17.1 Å². The van der Waals surface area contributed by atoms with Gasteiger partial charge in [0.2, 0.25) is 0 Å². The minimum Gasteiger partial charge on any atom is -0.310 e. The molecule has 0 aromatic heterocycles. The number of hydrogen-bond acceptors (Lipinski definition) is 1. The zero-order valence-corrected chi connectivity index (χ0v) is 32.9. The van der Waals surface area contributed by atoms with Crippen LogP contribution in [0.2, 0.25) is 0 Å². The third kappa shape index (κ3) is 5.77. The van der Waals surface area contributed by atoms with Gasteiger partial charge in [0, 0.05) is 22.4 Å². The van der Waals surface area contributed by atoms with Gasteiger partial charge in [0.15, 0.2) is 0 Å². The molecule has 1 nitrogen and oxygen atoms in total. The molecule has 10 aromatic carbocycles. The largest absolute Gasteiger partial charge is 0.310 e. The monoisotopic (exact) mass is 751 g/mol. The van der Waals surface area contributed by atoms with Crippen molar-refractivity contribution in [3.63, 3.8) is 0 Å². The van der Waals surface area contributed by atoms with E-state index in [2.05, 4.69) is 242 Å². The summed E-state index contributed by atoms with van der Waals surface area (Å²) in [6.45, 7) is 2.39. The average molecular weight is 752 g/mol. The predicted molar refractivity (Wildman–Crippen MR) is 250 cm³/mol. The summed E-state index contributed by atoms with van der Waals surface area (Å²) in [6, 6.07) is 84.5. The van der Waals surface area contributed by atoms with Gasteiger partial charge in [0.1, 0.15) is 0 Å². The summed E-state index contributed by atoms with van der Waals surface area (Å²) >= 11 is 0. The maximum absolute atomic E-state index is 2.47. The van der Waals surface area contributed by atoms with E-state index in [1.807, 2.05) is 0 Å². The Labute approximate surface area is 346 Å². The molecule has 11 rings (SSSR count). The van der Waals surface area contributed by atoms with Gasteiger partial charge in [-0.05, 0) is 114 Å². The van der Waals surface area contributed by atoms with Crippen LogP contribution in [0.25, 0.3) is 66.1 Å². The maximum atomic E-state index is 2.47. The van der Waals surface area contributed by atoms with E-state index < -0.39 is 0 Å². The van der Waals surface area contributed by atoms with Crippen molar-refractivity contribution in [1.82, 2.24) is 0 Å². The summed E-state index contributed by atoms with van der Waals surface area (Å²) in [7, 11) is 0. The molecule has 1 heteroatoms. The first-order valence-electron chi connectivity index (χ1n) is 20.5. The van der Waals surface area contributed by atoms with Crippen molar-refractivity contribution < 1.29 is 0 Å². The Hall–Kier alpha value is -7.48. The summed E-state index contributed by atoms with van der Waals surface area (Å²) in [5, 5.41) is 5.03. The van der Waals surface area contributed by atoms with Crippen LogP contribution in [-0.2, 0) is 5.41 Å². The second kappa shape index (κ2) is 14.2. The highest BCUT2D eigenvalue weighted by molar-refractivity contribution is 6.00. The van der Waals surface area contributed by atoms with Crippen molar-refractivity contribution in [3.05, 3.63) is 247 Å². The summed E-state index contributed by atoms with van der Waals surface area (Å²) < 4.78 is 0. The predicted octanol–water partition coefficient (Wildman–Crippen LogP) is 15.8. The van der Waals surface area contributed by atoms with Crippen LogP contribution in [0.4, 0.5) is 17.1 Å². The lowest BCUT2D eigenvalue weighted by atomic mass is 9.74. The molecule has 0 amide bonds. The molecule has 0 saturated heterocycles. The number of benzene rings is 10. The molecule has 0 bridgehead atoms. The highest BCUT2D eigenvalue weighted by atomic mass is 15.1. The van der Waals surface area contributed by atoms with Crippen molar-refractivity contribution in [2.45, 2.75) is 12.3 Å². The van der Waals surface area contributed by atoms with Gasteiger partial charge in [-0.3, -0.25) is 0 Å². The molecular weight excluding hydrogens is 711 g/mol. The lowest BCUT2D eigenvalue weighted by Crippen LogP contribution is -2.22. The van der Waals surface area contributed by atoms with Crippen LogP contribution in [0, 0.1) is 0 Å². The summed E-state index contributed by atoms with van der Waals surface area (Å²) in [4.78, 5) is 2.47. The van der Waals surface area contributed by atoms with Gasteiger partial charge in [-0.2, -0.15) is 0 Å². The summed E-state index contributed by atoms with van der Waals surface area (Å²) in [5.74, 6) is 0. The number of anilines is 3. The summed E-state index contributed by atoms with van der Waals surface area (Å²) in [6.07, 6.45) is 0. The molecule has 1 aliphatic carbocycles. The van der Waals surface area contributed by atoms with Crippen molar-refractivity contribution in [2.24, 2.45) is 0 Å². The SMILES string of the molecule is CC1(c2ccccc2)c2ccccc2-c2c(N(c3ccc(-c4cccc5ccccc45)cc3)c3cccc(-c4ccc(-c5cccc6ccccc56)cc4)c3)cccc21. The Bertz CT molecular complexity index is 3150. The first-order chi connectivity index (χ1) is 29.1. The lowest BCUT2D eigenvalue weighted by molar-refractivity contribution is 0.714. The van der Waals surface area contributed by atoms with Crippen LogP contribution in [0.3, 0.4) is 0 Å². The Kier molecular flexibility index (Phi) is 8.34. The first-order valence-corrected chi connectivity index (χ1v) is 20.5. The summed E-state index contributed by atoms with van der Waals surface area (Å²) in [5.41, 5.74) is 16.8. The molecule has 0 saturated carbocycles. The fourth-order valence-corrected chi connectivity index (χ4v) is 9.63. The molecule has 10 aromatic rings. The zero-order chi connectivity index (χ0) is 39.3. The van der Waals surface area contributed by atoms with Gasteiger partial charge >= 0.3 is 0 Å². The van der Waals surface area contributed by atoms with Crippen LogP contribution in [-0.4, -0.2) is 0 Å². The highest BCUT2D eigenvalue weighted by Crippen LogP contribution is 2.56. The van der Waals surface area contributed by atoms with E-state index in [9.17, 15) is 0 Å². The van der Waals surface area contributed by atoms with Crippen molar-refractivity contribution in [1.29, 1.82) is 0 Å². The molecule has 1 atom stereocenters. The van der Waals surface area contributed by atoms with Crippen LogP contribution < -0.4 is 4.90 Å². The molecule has 0 spiro atoms. The number of hydrogen-bond donors (Lipinski definition) is 0. The normalized spacial score (nSPS) is 14.3. The molecule has 1 aliphatic rings. The molecular formula is C58H41N. The van der Waals surface area contributed by atoms with Gasteiger partial charge in [-0.25, -0.2) is 0 Å². The minimum absolute atomic E-state index is 0.305. The number of nitrogens with zero attached hydrogens (tertiary/aromatic N) is 1. The van der Waals surface area contributed by atoms with Crippen LogP contribution >= 0.6 is 0 Å². The standard InChI is InChI=1S/C58H41N/c1-58(46-20-3-2-4-21-46)54-28-10-9-25-53(54)57-55(58)29-14-30-56(57)59(47-37-35-44(36-38-47)52-27-13-18-42-16-6-8-24-50(42)52)48-22-11-19-45(39-48)40-31-33-43(34-32-40)51-26-12-17-41-15-5-7-23-49(41)51/h2-39H,1H3. The quantitative estimate of drug-likeness (QED) is 0.157. The van der Waals surface area contributed by atoms with Crippen molar-refractivity contribution in [3.8, 4) is 44.5 Å². The molecule has 0 fully saturated rings. The fourth-order valence-electron chi connectivity index (χ4n) is 9.63. The zero-order valence-electron chi connectivity index (χ0n) is 32.9. The van der Waals surface area contributed by atoms with Crippen molar-refractivity contribution >= 4 is 38.6 Å². The number of fused-ring (bicyclic) bond motifs is 5. The lowest BCUT2D eigenvalue weighted by Gasteiger charge is -2.31. The van der Waals surface area contributed by atoms with Crippen LogP contribution in [0.15, 0.2) is 231 Å². The van der Waals surface area contributed by atoms with Gasteiger partial charge in [-0.1, -0.05) is 200 Å². The molecule has 0 radical (unpaired) electrons. The van der Waals surface area contributed by atoms with Crippen LogP contribution in [0.5, 0.6) is 0 Å². The third-order valence-corrected chi connectivity index (χ3v) is 12.6. The smallest absolute Gasteiger partial charge is 0.0543 e. The van der Waals surface area contributed by atoms with Gasteiger partial charge < -0.3 is 4.90 Å².